The van der Waals surface area contributed by atoms with Crippen molar-refractivity contribution in [2.45, 2.75) is 19.8 Å². The van der Waals surface area contributed by atoms with Crippen LogP contribution < -0.4 is 11.1 Å². The third kappa shape index (κ3) is 4.14. The van der Waals surface area contributed by atoms with Crippen LogP contribution in [0.15, 0.2) is 54.6 Å². The lowest BCUT2D eigenvalue weighted by molar-refractivity contribution is 0.0946. The van der Waals surface area contributed by atoms with Crippen LogP contribution in [-0.2, 0) is 6.42 Å². The van der Waals surface area contributed by atoms with Crippen molar-refractivity contribution in [2.24, 2.45) is 0 Å². The number of anilines is 1. The number of benzene rings is 2. The third-order valence-corrected chi connectivity index (χ3v) is 6.65. The number of nitrogens with two attached hydrogens (primary N) is 1. The molecule has 0 saturated carbocycles. The Balaban J connectivity index is 1.47. The summed E-state index contributed by atoms with van der Waals surface area (Å²) in [5, 5.41) is 2.85. The van der Waals surface area contributed by atoms with E-state index in [2.05, 4.69) is 40.3 Å². The molecule has 2 aliphatic heterocycles. The molecule has 5 rings (SSSR count). The molecule has 5 nitrogen and oxygen atoms in total. The minimum absolute atomic E-state index is 0.0655. The number of hydrogen-bond donors (Lipinski definition) is 2. The van der Waals surface area contributed by atoms with Crippen LogP contribution in [0.5, 0.6) is 0 Å². The van der Waals surface area contributed by atoms with E-state index in [1.807, 2.05) is 24.3 Å². The van der Waals surface area contributed by atoms with E-state index in [9.17, 15) is 9.18 Å². The Morgan fingerprint density at radius 3 is 2.48 bits per heavy atom. The summed E-state index contributed by atoms with van der Waals surface area (Å²) in [4.78, 5) is 18.5. The summed E-state index contributed by atoms with van der Waals surface area (Å²) in [5.74, 6) is -0.512. The minimum atomic E-state index is -0.586. The van der Waals surface area contributed by atoms with Gasteiger partial charge in [-0.1, -0.05) is 49.4 Å². The van der Waals surface area contributed by atoms with Gasteiger partial charge >= 0.3 is 0 Å². The molecule has 0 aliphatic carbocycles. The molecule has 2 aliphatic rings. The van der Waals surface area contributed by atoms with Gasteiger partial charge in [0.1, 0.15) is 5.82 Å². The highest BCUT2D eigenvalue weighted by atomic mass is 19.1. The predicted molar refractivity (Wildman–Crippen MR) is 130 cm³/mol. The van der Waals surface area contributed by atoms with Gasteiger partial charge in [-0.2, -0.15) is 4.39 Å². The zero-order valence-corrected chi connectivity index (χ0v) is 18.7. The minimum Gasteiger partial charge on any atom is -0.383 e. The van der Waals surface area contributed by atoms with Crippen molar-refractivity contribution in [3.05, 3.63) is 77.2 Å². The smallest absolute Gasteiger partial charge is 0.251 e. The van der Waals surface area contributed by atoms with Crippen LogP contribution in [0.3, 0.4) is 0 Å². The van der Waals surface area contributed by atoms with Gasteiger partial charge in [-0.25, -0.2) is 4.98 Å². The van der Waals surface area contributed by atoms with Gasteiger partial charge in [0.25, 0.3) is 5.91 Å². The normalized spacial score (nSPS) is 16.2. The Kier molecular flexibility index (Phi) is 5.68. The second-order valence-corrected chi connectivity index (χ2v) is 8.59. The number of rotatable bonds is 4. The first-order chi connectivity index (χ1) is 16.0. The number of nitrogens with one attached hydrogen (secondary N) is 1. The van der Waals surface area contributed by atoms with Crippen molar-refractivity contribution >= 4 is 17.3 Å². The zero-order valence-electron chi connectivity index (χ0n) is 18.7. The average molecular weight is 443 g/mol. The maximum Gasteiger partial charge on any atom is 0.251 e. The van der Waals surface area contributed by atoms with E-state index in [1.165, 1.54) is 11.1 Å². The van der Waals surface area contributed by atoms with Crippen molar-refractivity contribution in [3.63, 3.8) is 0 Å². The molecule has 33 heavy (non-hydrogen) atoms. The van der Waals surface area contributed by atoms with E-state index >= 15 is 0 Å². The number of fused-ring (bicyclic) bond motifs is 1. The number of pyridine rings is 1. The molecule has 3 heterocycles. The quantitative estimate of drug-likeness (QED) is 0.583. The van der Waals surface area contributed by atoms with Crippen molar-refractivity contribution in [2.75, 3.05) is 31.9 Å². The van der Waals surface area contributed by atoms with E-state index < -0.39 is 5.95 Å². The van der Waals surface area contributed by atoms with Gasteiger partial charge in [-0.15, -0.1) is 0 Å². The Morgan fingerprint density at radius 1 is 1.00 bits per heavy atom. The molecule has 0 fully saturated rings. The molecular weight excluding hydrogens is 415 g/mol. The monoisotopic (exact) mass is 442 g/mol. The number of nitrogens with zero attached hydrogens (tertiary/aromatic N) is 2. The van der Waals surface area contributed by atoms with Crippen LogP contribution in [0.1, 0.15) is 34.8 Å². The summed E-state index contributed by atoms with van der Waals surface area (Å²) in [6.45, 7) is 5.88. The van der Waals surface area contributed by atoms with Crippen molar-refractivity contribution in [3.8, 4) is 22.3 Å². The van der Waals surface area contributed by atoms with Gasteiger partial charge in [0.2, 0.25) is 5.95 Å². The van der Waals surface area contributed by atoms with Gasteiger partial charge < -0.3 is 11.1 Å². The molecule has 0 unspecified atom stereocenters. The molecular formula is C27H27FN4O. The van der Waals surface area contributed by atoms with Crippen molar-refractivity contribution < 1.29 is 9.18 Å². The maximum atomic E-state index is 14.8. The van der Waals surface area contributed by atoms with Crippen LogP contribution in [0, 0.1) is 5.95 Å². The topological polar surface area (TPSA) is 71.2 Å². The molecule has 0 radical (unpaired) electrons. The molecule has 1 aromatic heterocycles. The van der Waals surface area contributed by atoms with Crippen LogP contribution in [0.25, 0.3) is 27.8 Å². The van der Waals surface area contributed by atoms with Crippen LogP contribution in [0.4, 0.5) is 10.2 Å². The molecule has 0 saturated heterocycles. The lowest BCUT2D eigenvalue weighted by atomic mass is 9.93. The van der Waals surface area contributed by atoms with E-state index in [4.69, 9.17) is 5.73 Å². The Bertz CT molecular complexity index is 1250. The molecule has 2 aromatic carbocycles. The first kappa shape index (κ1) is 21.3. The fourth-order valence-electron chi connectivity index (χ4n) is 4.66. The van der Waals surface area contributed by atoms with Gasteiger partial charge in [-0.05, 0) is 59.3 Å². The number of carbonyl (C=O) groups is 1. The lowest BCUT2D eigenvalue weighted by Crippen LogP contribution is -2.31. The Labute approximate surface area is 193 Å². The Morgan fingerprint density at radius 2 is 1.76 bits per heavy atom. The van der Waals surface area contributed by atoms with E-state index in [0.717, 1.165) is 49.2 Å². The number of halogens is 1. The lowest BCUT2D eigenvalue weighted by Gasteiger charge is -2.25. The zero-order chi connectivity index (χ0) is 22.9. The molecule has 3 aromatic rings. The first-order valence-corrected chi connectivity index (χ1v) is 11.4. The Hall–Kier alpha value is -3.51. The maximum absolute atomic E-state index is 14.8. The van der Waals surface area contributed by atoms with Crippen LogP contribution >= 0.6 is 0 Å². The fourth-order valence-corrected chi connectivity index (χ4v) is 4.66. The number of likely N-dealkylation sites (N-methyl/N-ethyl adjacent to an activating group) is 1. The molecule has 6 heteroatoms. The molecule has 0 spiro atoms. The summed E-state index contributed by atoms with van der Waals surface area (Å²) in [6, 6.07) is 15.4. The summed E-state index contributed by atoms with van der Waals surface area (Å²) in [5.41, 5.74) is 12.9. The molecule has 3 N–H and O–H groups in total. The SMILES string of the molecule is CCN1CC=C(c2ccc(-c3cc(-c4ccc5c(c4)CCNC5=O)c(N)nc3F)cc2)CC1. The van der Waals surface area contributed by atoms with Gasteiger partial charge in [-0.3, -0.25) is 9.69 Å². The standard InChI is InChI=1S/C27H27FN4O/c1-2-32-13-10-18(11-14-32)17-3-5-19(6-4-17)23-16-24(26(29)31-25(23)28)20-7-8-22-21(15-20)9-12-30-27(22)33/h3-8,10,15-16H,2,9,11-14H2,1H3,(H2,29,31)(H,30,33). The highest BCUT2D eigenvalue weighted by Gasteiger charge is 2.19. The second kappa shape index (κ2) is 8.79. The van der Waals surface area contributed by atoms with Crippen LogP contribution in [0.2, 0.25) is 0 Å². The molecule has 0 bridgehead atoms. The second-order valence-electron chi connectivity index (χ2n) is 8.59. The predicted octanol–water partition coefficient (Wildman–Crippen LogP) is 4.53. The van der Waals surface area contributed by atoms with E-state index in [1.54, 1.807) is 12.1 Å². The van der Waals surface area contributed by atoms with E-state index in [0.29, 0.717) is 23.2 Å². The number of aromatic nitrogens is 1. The van der Waals surface area contributed by atoms with Gasteiger partial charge in [0.05, 0.1) is 0 Å². The molecule has 168 valence electrons. The summed E-state index contributed by atoms with van der Waals surface area (Å²) >= 11 is 0. The summed E-state index contributed by atoms with van der Waals surface area (Å²) < 4.78 is 14.8. The molecule has 1 amide bonds. The largest absolute Gasteiger partial charge is 0.383 e. The van der Waals surface area contributed by atoms with Crippen molar-refractivity contribution in [1.82, 2.24) is 15.2 Å². The summed E-state index contributed by atoms with van der Waals surface area (Å²) in [6.07, 6.45) is 4.05. The third-order valence-electron chi connectivity index (χ3n) is 6.65. The highest BCUT2D eigenvalue weighted by Crippen LogP contribution is 2.34. The summed E-state index contributed by atoms with van der Waals surface area (Å²) in [7, 11) is 0. The first-order valence-electron chi connectivity index (χ1n) is 11.4. The number of carbonyl (C=O) groups excluding carboxylic acids is 1. The fraction of sp³-hybridized carbons (Fsp3) is 0.259. The van der Waals surface area contributed by atoms with E-state index in [-0.39, 0.29) is 11.7 Å². The van der Waals surface area contributed by atoms with Crippen LogP contribution in [-0.4, -0.2) is 42.0 Å². The van der Waals surface area contributed by atoms with Crippen molar-refractivity contribution in [1.29, 1.82) is 0 Å². The molecule has 0 atom stereocenters. The average Bonchev–Trinajstić information content (AvgIpc) is 2.84. The number of hydrogen-bond acceptors (Lipinski definition) is 4. The van der Waals surface area contributed by atoms with Gasteiger partial charge in [0, 0.05) is 36.3 Å². The highest BCUT2D eigenvalue weighted by molar-refractivity contribution is 5.97. The number of amides is 1. The number of nitrogen functional groups attached to an aromatic ring is 1. The van der Waals surface area contributed by atoms with Gasteiger partial charge in [0.15, 0.2) is 0 Å².